The zero-order valence-corrected chi connectivity index (χ0v) is 19.8. The maximum Gasteiger partial charge on any atom is 0.262 e. The molecule has 0 radical (unpaired) electrons. The van der Waals surface area contributed by atoms with Gasteiger partial charge in [-0.1, -0.05) is 66.4 Å². The molecule has 0 saturated heterocycles. The van der Waals surface area contributed by atoms with Gasteiger partial charge in [-0.2, -0.15) is 0 Å². The first-order valence-corrected chi connectivity index (χ1v) is 11.9. The lowest BCUT2D eigenvalue weighted by atomic mass is 10.00. The monoisotopic (exact) mass is 461 g/mol. The molecule has 0 aliphatic carbocycles. The maximum absolute atomic E-state index is 13.2. The van der Waals surface area contributed by atoms with Crippen LogP contribution in [-0.2, 0) is 9.53 Å². The first-order valence-electron chi connectivity index (χ1n) is 10.9. The summed E-state index contributed by atoms with van der Waals surface area (Å²) in [6.07, 6.45) is 0. The first-order chi connectivity index (χ1) is 16.0. The van der Waals surface area contributed by atoms with Crippen LogP contribution in [0.1, 0.15) is 31.5 Å². The number of amides is 1. The van der Waals surface area contributed by atoms with Crippen molar-refractivity contribution in [1.29, 1.82) is 0 Å². The van der Waals surface area contributed by atoms with Crippen LogP contribution in [0.4, 0.5) is 0 Å². The molecular formula is C26H27N3O3S. The second kappa shape index (κ2) is 10.2. The summed E-state index contributed by atoms with van der Waals surface area (Å²) in [5.41, 5.74) is 1.56. The lowest BCUT2D eigenvalue weighted by molar-refractivity contribution is -0.119. The Balaban J connectivity index is 1.54. The highest BCUT2D eigenvalue weighted by molar-refractivity contribution is 7.99. The van der Waals surface area contributed by atoms with Crippen LogP contribution < -0.4 is 10.9 Å². The number of para-hydroxylation sites is 1. The fraction of sp³-hybridized carbons (Fsp3) is 0.269. The number of hydrogen-bond acceptors (Lipinski definition) is 5. The molecule has 1 amide bonds. The van der Waals surface area contributed by atoms with E-state index in [1.807, 2.05) is 56.3 Å². The number of carbonyl (C=O) groups is 1. The zero-order chi connectivity index (χ0) is 23.4. The molecule has 2 atom stereocenters. The number of carbonyl (C=O) groups excluding carboxylic acids is 1. The fourth-order valence-corrected chi connectivity index (χ4v) is 4.96. The van der Waals surface area contributed by atoms with Crippen LogP contribution in [0.25, 0.3) is 21.7 Å². The Hall–Kier alpha value is -3.16. The average Bonchev–Trinajstić information content (AvgIpc) is 2.82. The Morgan fingerprint density at radius 2 is 1.73 bits per heavy atom. The second-order valence-electron chi connectivity index (χ2n) is 8.04. The van der Waals surface area contributed by atoms with Gasteiger partial charge in [-0.05, 0) is 42.3 Å². The van der Waals surface area contributed by atoms with Gasteiger partial charge in [0, 0.05) is 7.11 Å². The summed E-state index contributed by atoms with van der Waals surface area (Å²) in [7, 11) is 1.60. The normalized spacial score (nSPS) is 13.2. The molecule has 170 valence electrons. The van der Waals surface area contributed by atoms with Gasteiger partial charge in [0.25, 0.3) is 5.56 Å². The van der Waals surface area contributed by atoms with Gasteiger partial charge in [0.05, 0.1) is 35.3 Å². The van der Waals surface area contributed by atoms with Crippen molar-refractivity contribution in [2.75, 3.05) is 19.5 Å². The highest BCUT2D eigenvalue weighted by Gasteiger charge is 2.18. The Kier molecular flexibility index (Phi) is 7.11. The van der Waals surface area contributed by atoms with Crippen LogP contribution in [0.15, 0.2) is 76.7 Å². The molecule has 0 unspecified atom stereocenters. The van der Waals surface area contributed by atoms with Crippen LogP contribution in [0.2, 0.25) is 0 Å². The van der Waals surface area contributed by atoms with Gasteiger partial charge in [0.1, 0.15) is 0 Å². The Morgan fingerprint density at radius 1 is 1.03 bits per heavy atom. The number of thioether (sulfide) groups is 1. The van der Waals surface area contributed by atoms with Gasteiger partial charge < -0.3 is 10.1 Å². The largest absolute Gasteiger partial charge is 0.383 e. The van der Waals surface area contributed by atoms with Crippen LogP contribution >= 0.6 is 11.8 Å². The molecule has 6 nitrogen and oxygen atoms in total. The lowest BCUT2D eigenvalue weighted by Gasteiger charge is -2.19. The van der Waals surface area contributed by atoms with E-state index in [-0.39, 0.29) is 29.3 Å². The van der Waals surface area contributed by atoms with Gasteiger partial charge in [-0.3, -0.25) is 14.2 Å². The predicted octanol–water partition coefficient (Wildman–Crippen LogP) is 4.73. The number of rotatable bonds is 8. The number of fused-ring (bicyclic) bond motifs is 2. The average molecular weight is 462 g/mol. The number of nitrogens with zero attached hydrogens (tertiary/aromatic N) is 2. The van der Waals surface area contributed by atoms with E-state index in [4.69, 9.17) is 4.74 Å². The number of hydrogen-bond donors (Lipinski definition) is 1. The van der Waals surface area contributed by atoms with Crippen LogP contribution in [0.5, 0.6) is 0 Å². The van der Waals surface area contributed by atoms with Gasteiger partial charge in [-0.15, -0.1) is 0 Å². The van der Waals surface area contributed by atoms with E-state index in [1.165, 1.54) is 11.8 Å². The van der Waals surface area contributed by atoms with E-state index in [1.54, 1.807) is 17.7 Å². The SMILES string of the molecule is COC[C@H](C)n1c(SCC(=O)N[C@H](C)c2cccc3ccccc23)nc2ccccc2c1=O. The van der Waals surface area contributed by atoms with Crippen molar-refractivity contribution in [1.82, 2.24) is 14.9 Å². The number of aromatic nitrogens is 2. The molecule has 0 fully saturated rings. The molecule has 33 heavy (non-hydrogen) atoms. The molecule has 0 aliphatic rings. The quantitative estimate of drug-likeness (QED) is 0.303. The van der Waals surface area contributed by atoms with Crippen molar-refractivity contribution in [3.05, 3.63) is 82.6 Å². The van der Waals surface area contributed by atoms with Gasteiger partial charge >= 0.3 is 0 Å². The summed E-state index contributed by atoms with van der Waals surface area (Å²) < 4.78 is 6.89. The highest BCUT2D eigenvalue weighted by atomic mass is 32.2. The Labute approximate surface area is 197 Å². The summed E-state index contributed by atoms with van der Waals surface area (Å²) in [5.74, 6) is 0.0355. The third-order valence-electron chi connectivity index (χ3n) is 5.62. The minimum Gasteiger partial charge on any atom is -0.383 e. The van der Waals surface area contributed by atoms with Crippen LogP contribution in [-0.4, -0.2) is 34.9 Å². The lowest BCUT2D eigenvalue weighted by Crippen LogP contribution is -2.30. The van der Waals surface area contributed by atoms with Gasteiger partial charge in [0.15, 0.2) is 5.16 Å². The summed E-state index contributed by atoms with van der Waals surface area (Å²) in [5, 5.41) is 6.41. The van der Waals surface area contributed by atoms with E-state index in [0.29, 0.717) is 22.7 Å². The molecule has 0 spiro atoms. The molecule has 1 aromatic heterocycles. The minimum atomic E-state index is -0.209. The Morgan fingerprint density at radius 3 is 2.52 bits per heavy atom. The van der Waals surface area contributed by atoms with Crippen molar-refractivity contribution >= 4 is 39.3 Å². The van der Waals surface area contributed by atoms with Crippen LogP contribution in [0.3, 0.4) is 0 Å². The molecule has 4 rings (SSSR count). The molecular weight excluding hydrogens is 434 g/mol. The van der Waals surface area contributed by atoms with E-state index in [0.717, 1.165) is 16.3 Å². The second-order valence-corrected chi connectivity index (χ2v) is 8.98. The third-order valence-corrected chi connectivity index (χ3v) is 6.58. The van der Waals surface area contributed by atoms with Crippen molar-refractivity contribution < 1.29 is 9.53 Å². The van der Waals surface area contributed by atoms with Crippen molar-refractivity contribution in [3.63, 3.8) is 0 Å². The number of methoxy groups -OCH3 is 1. The summed E-state index contributed by atoms with van der Waals surface area (Å²) in [6.45, 7) is 4.26. The predicted molar refractivity (Wildman–Crippen MR) is 134 cm³/mol. The standard InChI is InChI=1S/C26H27N3O3S/c1-17(15-32-3)29-25(31)22-12-6-7-14-23(22)28-26(29)33-16-24(30)27-18(2)20-13-8-10-19-9-4-5-11-21(19)20/h4-14,17-18H,15-16H2,1-3H3,(H,27,30)/t17-,18+/m0/s1. The van der Waals surface area contributed by atoms with E-state index < -0.39 is 0 Å². The maximum atomic E-state index is 13.2. The summed E-state index contributed by atoms with van der Waals surface area (Å²) >= 11 is 1.26. The number of benzene rings is 3. The van der Waals surface area contributed by atoms with Crippen molar-refractivity contribution in [3.8, 4) is 0 Å². The number of ether oxygens (including phenoxy) is 1. The third kappa shape index (κ3) is 4.94. The zero-order valence-electron chi connectivity index (χ0n) is 18.9. The highest BCUT2D eigenvalue weighted by Crippen LogP contribution is 2.25. The number of nitrogens with one attached hydrogen (secondary N) is 1. The summed E-state index contributed by atoms with van der Waals surface area (Å²) in [6, 6.07) is 21.1. The molecule has 0 aliphatic heterocycles. The summed E-state index contributed by atoms with van der Waals surface area (Å²) in [4.78, 5) is 30.7. The molecule has 3 aromatic carbocycles. The van der Waals surface area contributed by atoms with E-state index in [9.17, 15) is 9.59 Å². The van der Waals surface area contributed by atoms with Crippen molar-refractivity contribution in [2.24, 2.45) is 0 Å². The topological polar surface area (TPSA) is 73.2 Å². The van der Waals surface area contributed by atoms with Crippen molar-refractivity contribution in [2.45, 2.75) is 31.1 Å². The molecule has 1 N–H and O–H groups in total. The van der Waals surface area contributed by atoms with Crippen LogP contribution in [0, 0.1) is 0 Å². The van der Waals surface area contributed by atoms with E-state index >= 15 is 0 Å². The fourth-order valence-electron chi connectivity index (χ4n) is 4.05. The molecule has 4 aromatic rings. The minimum absolute atomic E-state index is 0.117. The molecule has 0 bridgehead atoms. The Bertz CT molecular complexity index is 1350. The van der Waals surface area contributed by atoms with Gasteiger partial charge in [0.2, 0.25) is 5.91 Å². The molecule has 0 saturated carbocycles. The molecule has 1 heterocycles. The van der Waals surface area contributed by atoms with E-state index in [2.05, 4.69) is 28.5 Å². The smallest absolute Gasteiger partial charge is 0.262 e. The first kappa shape index (κ1) is 23.0. The molecule has 7 heteroatoms. The van der Waals surface area contributed by atoms with Gasteiger partial charge in [-0.25, -0.2) is 4.98 Å².